The van der Waals surface area contributed by atoms with E-state index in [1.54, 1.807) is 0 Å². The summed E-state index contributed by atoms with van der Waals surface area (Å²) >= 11 is 0. The van der Waals surface area contributed by atoms with Crippen molar-refractivity contribution >= 4 is 10.9 Å². The SMILES string of the molecule is C=CCCC(NC)c1cccc2ncccc12. The zero-order valence-electron chi connectivity index (χ0n) is 10.2. The maximum absolute atomic E-state index is 4.39. The zero-order valence-corrected chi connectivity index (χ0v) is 10.2. The molecule has 0 aliphatic heterocycles. The first-order chi connectivity index (χ1) is 8.36. The Hall–Kier alpha value is -1.67. The molecule has 1 aromatic carbocycles. The van der Waals surface area contributed by atoms with Crippen LogP contribution in [0.25, 0.3) is 10.9 Å². The quantitative estimate of drug-likeness (QED) is 0.790. The van der Waals surface area contributed by atoms with E-state index in [9.17, 15) is 0 Å². The lowest BCUT2D eigenvalue weighted by atomic mass is 9.98. The van der Waals surface area contributed by atoms with Crippen LogP contribution in [0.2, 0.25) is 0 Å². The number of hydrogen-bond donors (Lipinski definition) is 1. The molecule has 0 saturated heterocycles. The number of nitrogens with one attached hydrogen (secondary N) is 1. The molecule has 2 aromatic rings. The second-order valence-electron chi connectivity index (χ2n) is 4.12. The average Bonchev–Trinajstić information content (AvgIpc) is 2.40. The summed E-state index contributed by atoms with van der Waals surface area (Å²) in [6.45, 7) is 3.78. The van der Waals surface area contributed by atoms with Gasteiger partial charge in [-0.2, -0.15) is 0 Å². The number of aromatic nitrogens is 1. The third kappa shape index (κ3) is 2.53. The molecule has 1 N–H and O–H groups in total. The minimum atomic E-state index is 0.362. The van der Waals surface area contributed by atoms with Crippen LogP contribution >= 0.6 is 0 Å². The lowest BCUT2D eigenvalue weighted by molar-refractivity contribution is 0.558. The summed E-state index contributed by atoms with van der Waals surface area (Å²) in [5.41, 5.74) is 2.38. The van der Waals surface area contributed by atoms with Gasteiger partial charge in [-0.25, -0.2) is 0 Å². The van der Waals surface area contributed by atoms with Gasteiger partial charge >= 0.3 is 0 Å². The highest BCUT2D eigenvalue weighted by Gasteiger charge is 2.11. The van der Waals surface area contributed by atoms with Gasteiger partial charge in [-0.05, 0) is 37.6 Å². The van der Waals surface area contributed by atoms with E-state index in [1.165, 1.54) is 10.9 Å². The molecular weight excluding hydrogens is 208 g/mol. The molecule has 1 unspecified atom stereocenters. The van der Waals surface area contributed by atoms with Crippen molar-refractivity contribution < 1.29 is 0 Å². The topological polar surface area (TPSA) is 24.9 Å². The van der Waals surface area contributed by atoms with Crippen molar-refractivity contribution in [2.75, 3.05) is 7.05 Å². The predicted molar refractivity (Wildman–Crippen MR) is 73.0 cm³/mol. The Balaban J connectivity index is 2.42. The first-order valence-corrected chi connectivity index (χ1v) is 5.98. The van der Waals surface area contributed by atoms with Crippen molar-refractivity contribution in [3.05, 3.63) is 54.7 Å². The van der Waals surface area contributed by atoms with Crippen LogP contribution in [0.4, 0.5) is 0 Å². The Morgan fingerprint density at radius 1 is 1.35 bits per heavy atom. The highest BCUT2D eigenvalue weighted by Crippen LogP contribution is 2.25. The van der Waals surface area contributed by atoms with E-state index in [1.807, 2.05) is 25.4 Å². The lowest BCUT2D eigenvalue weighted by Gasteiger charge is -2.17. The van der Waals surface area contributed by atoms with Gasteiger partial charge in [0.2, 0.25) is 0 Å². The Labute approximate surface area is 102 Å². The monoisotopic (exact) mass is 226 g/mol. The minimum absolute atomic E-state index is 0.362. The second-order valence-corrected chi connectivity index (χ2v) is 4.12. The summed E-state index contributed by atoms with van der Waals surface area (Å²) < 4.78 is 0. The van der Waals surface area contributed by atoms with Gasteiger partial charge in [-0.3, -0.25) is 4.98 Å². The normalized spacial score (nSPS) is 12.5. The van der Waals surface area contributed by atoms with E-state index in [0.717, 1.165) is 18.4 Å². The molecule has 2 nitrogen and oxygen atoms in total. The fraction of sp³-hybridized carbons (Fsp3) is 0.267. The van der Waals surface area contributed by atoms with E-state index >= 15 is 0 Å². The van der Waals surface area contributed by atoms with E-state index in [0.29, 0.717) is 6.04 Å². The molecule has 0 saturated carbocycles. The summed E-state index contributed by atoms with van der Waals surface area (Å²) in [5, 5.41) is 4.60. The van der Waals surface area contributed by atoms with Gasteiger partial charge in [-0.15, -0.1) is 6.58 Å². The van der Waals surface area contributed by atoms with Crippen molar-refractivity contribution in [2.24, 2.45) is 0 Å². The first kappa shape index (κ1) is 11.8. The number of fused-ring (bicyclic) bond motifs is 1. The highest BCUT2D eigenvalue weighted by atomic mass is 14.9. The Morgan fingerprint density at radius 3 is 3.00 bits per heavy atom. The highest BCUT2D eigenvalue weighted by molar-refractivity contribution is 5.82. The average molecular weight is 226 g/mol. The predicted octanol–water partition coefficient (Wildman–Crippen LogP) is 3.46. The maximum atomic E-state index is 4.39. The fourth-order valence-corrected chi connectivity index (χ4v) is 2.17. The lowest BCUT2D eigenvalue weighted by Crippen LogP contribution is -2.16. The smallest absolute Gasteiger partial charge is 0.0705 e. The van der Waals surface area contributed by atoms with Gasteiger partial charge in [0.15, 0.2) is 0 Å². The zero-order chi connectivity index (χ0) is 12.1. The molecule has 0 radical (unpaired) electrons. The van der Waals surface area contributed by atoms with Crippen LogP contribution in [0.3, 0.4) is 0 Å². The van der Waals surface area contributed by atoms with Gasteiger partial charge in [-0.1, -0.05) is 24.3 Å². The van der Waals surface area contributed by atoms with E-state index in [-0.39, 0.29) is 0 Å². The number of hydrogen-bond acceptors (Lipinski definition) is 2. The third-order valence-electron chi connectivity index (χ3n) is 3.06. The van der Waals surface area contributed by atoms with Crippen LogP contribution < -0.4 is 5.32 Å². The molecule has 0 amide bonds. The second kappa shape index (κ2) is 5.60. The van der Waals surface area contributed by atoms with Crippen molar-refractivity contribution in [3.8, 4) is 0 Å². The van der Waals surface area contributed by atoms with Crippen LogP contribution in [0.15, 0.2) is 49.2 Å². The van der Waals surface area contributed by atoms with E-state index in [4.69, 9.17) is 0 Å². The fourth-order valence-electron chi connectivity index (χ4n) is 2.17. The Morgan fingerprint density at radius 2 is 2.24 bits per heavy atom. The molecule has 88 valence electrons. The molecule has 2 heteroatoms. The van der Waals surface area contributed by atoms with Gasteiger partial charge in [0.1, 0.15) is 0 Å². The van der Waals surface area contributed by atoms with Crippen LogP contribution in [0.1, 0.15) is 24.4 Å². The molecule has 1 aromatic heterocycles. The molecule has 0 aliphatic carbocycles. The summed E-state index contributed by atoms with van der Waals surface area (Å²) in [4.78, 5) is 4.39. The van der Waals surface area contributed by atoms with Crippen LogP contribution in [0, 0.1) is 0 Å². The summed E-state index contributed by atoms with van der Waals surface area (Å²) in [6.07, 6.45) is 5.88. The largest absolute Gasteiger partial charge is 0.313 e. The molecule has 0 fully saturated rings. The molecular formula is C15H18N2. The van der Waals surface area contributed by atoms with Crippen LogP contribution in [0.5, 0.6) is 0 Å². The standard InChI is InChI=1S/C15H18N2/c1-3-4-9-14(16-2)12-7-5-10-15-13(12)8-6-11-17-15/h3,5-8,10-11,14,16H,1,4,9H2,2H3. The molecule has 2 rings (SSSR count). The Kier molecular flexibility index (Phi) is 3.89. The molecule has 0 aliphatic rings. The third-order valence-corrected chi connectivity index (χ3v) is 3.06. The van der Waals surface area contributed by atoms with Gasteiger partial charge in [0, 0.05) is 17.6 Å². The Bertz CT molecular complexity index is 500. The van der Waals surface area contributed by atoms with Crippen LogP contribution in [-0.2, 0) is 0 Å². The molecule has 1 heterocycles. The van der Waals surface area contributed by atoms with E-state index in [2.05, 4.69) is 41.1 Å². The minimum Gasteiger partial charge on any atom is -0.313 e. The van der Waals surface area contributed by atoms with Crippen LogP contribution in [-0.4, -0.2) is 12.0 Å². The van der Waals surface area contributed by atoms with Gasteiger partial charge in [0.25, 0.3) is 0 Å². The number of pyridine rings is 1. The molecule has 0 bridgehead atoms. The van der Waals surface area contributed by atoms with Crippen molar-refractivity contribution in [2.45, 2.75) is 18.9 Å². The number of benzene rings is 1. The maximum Gasteiger partial charge on any atom is 0.0705 e. The van der Waals surface area contributed by atoms with Crippen molar-refractivity contribution in [1.29, 1.82) is 0 Å². The molecule has 1 atom stereocenters. The molecule has 0 spiro atoms. The van der Waals surface area contributed by atoms with Gasteiger partial charge in [0.05, 0.1) is 5.52 Å². The number of rotatable bonds is 5. The number of nitrogens with zero attached hydrogens (tertiary/aromatic N) is 1. The van der Waals surface area contributed by atoms with E-state index < -0.39 is 0 Å². The first-order valence-electron chi connectivity index (χ1n) is 5.98. The summed E-state index contributed by atoms with van der Waals surface area (Å²) in [5.74, 6) is 0. The van der Waals surface area contributed by atoms with Gasteiger partial charge < -0.3 is 5.32 Å². The summed E-state index contributed by atoms with van der Waals surface area (Å²) in [7, 11) is 2.00. The number of allylic oxidation sites excluding steroid dienone is 1. The molecule has 17 heavy (non-hydrogen) atoms. The summed E-state index contributed by atoms with van der Waals surface area (Å²) in [6, 6.07) is 10.8. The van der Waals surface area contributed by atoms with Crippen molar-refractivity contribution in [1.82, 2.24) is 10.3 Å². The van der Waals surface area contributed by atoms with Crippen molar-refractivity contribution in [3.63, 3.8) is 0 Å².